The maximum Gasteiger partial charge on any atom is 0.165 e. The summed E-state index contributed by atoms with van der Waals surface area (Å²) in [6.45, 7) is 5.55. The van der Waals surface area contributed by atoms with Crippen LogP contribution in [0, 0.1) is 5.82 Å². The first kappa shape index (κ1) is 11.3. The van der Waals surface area contributed by atoms with Gasteiger partial charge >= 0.3 is 0 Å². The van der Waals surface area contributed by atoms with Crippen LogP contribution in [0.5, 0.6) is 0 Å². The van der Waals surface area contributed by atoms with Gasteiger partial charge in [-0.15, -0.1) is 0 Å². The van der Waals surface area contributed by atoms with E-state index in [1.54, 1.807) is 12.3 Å². The van der Waals surface area contributed by atoms with E-state index in [1.807, 2.05) is 4.90 Å². The quantitative estimate of drug-likeness (QED) is 0.843. The van der Waals surface area contributed by atoms with E-state index in [0.29, 0.717) is 5.82 Å². The SMILES string of the molecule is CCCc1cnc(N2CCNCC2)c(F)c1. The lowest BCUT2D eigenvalue weighted by molar-refractivity contribution is 0.557. The largest absolute Gasteiger partial charge is 0.352 e. The summed E-state index contributed by atoms with van der Waals surface area (Å²) in [5.74, 6) is 0.314. The zero-order chi connectivity index (χ0) is 11.4. The van der Waals surface area contributed by atoms with Crippen molar-refractivity contribution >= 4 is 5.82 Å². The molecule has 0 aliphatic carbocycles. The van der Waals surface area contributed by atoms with Gasteiger partial charge in [0.05, 0.1) is 0 Å². The number of aryl methyl sites for hydroxylation is 1. The lowest BCUT2D eigenvalue weighted by Crippen LogP contribution is -2.44. The number of nitrogens with one attached hydrogen (secondary N) is 1. The van der Waals surface area contributed by atoms with Gasteiger partial charge < -0.3 is 10.2 Å². The van der Waals surface area contributed by atoms with Gasteiger partial charge in [0.25, 0.3) is 0 Å². The maximum atomic E-state index is 13.8. The van der Waals surface area contributed by atoms with Crippen molar-refractivity contribution in [3.63, 3.8) is 0 Å². The van der Waals surface area contributed by atoms with Crippen LogP contribution in [0.4, 0.5) is 10.2 Å². The van der Waals surface area contributed by atoms with Crippen LogP contribution in [0.15, 0.2) is 12.3 Å². The Labute approximate surface area is 95.7 Å². The number of nitrogens with zero attached hydrogens (tertiary/aromatic N) is 2. The van der Waals surface area contributed by atoms with Gasteiger partial charge in [0.15, 0.2) is 11.6 Å². The number of piperazine rings is 1. The highest BCUT2D eigenvalue weighted by molar-refractivity contribution is 5.41. The molecule has 88 valence electrons. The van der Waals surface area contributed by atoms with Gasteiger partial charge in [0.1, 0.15) is 0 Å². The second-order valence-electron chi connectivity index (χ2n) is 4.14. The molecule has 0 atom stereocenters. The number of pyridine rings is 1. The van der Waals surface area contributed by atoms with Gasteiger partial charge in [0, 0.05) is 32.4 Å². The van der Waals surface area contributed by atoms with Crippen molar-refractivity contribution in [2.75, 3.05) is 31.1 Å². The van der Waals surface area contributed by atoms with Crippen LogP contribution in [0.1, 0.15) is 18.9 Å². The number of rotatable bonds is 3. The minimum Gasteiger partial charge on any atom is -0.352 e. The monoisotopic (exact) mass is 223 g/mol. The molecule has 2 rings (SSSR count). The molecular formula is C12H18FN3. The molecule has 0 spiro atoms. The Morgan fingerprint density at radius 2 is 2.19 bits per heavy atom. The second kappa shape index (κ2) is 5.25. The van der Waals surface area contributed by atoms with Gasteiger partial charge in [-0.2, -0.15) is 0 Å². The lowest BCUT2D eigenvalue weighted by Gasteiger charge is -2.28. The van der Waals surface area contributed by atoms with Crippen LogP contribution in [-0.4, -0.2) is 31.2 Å². The summed E-state index contributed by atoms with van der Waals surface area (Å²) in [5, 5.41) is 3.24. The van der Waals surface area contributed by atoms with Crippen molar-refractivity contribution < 1.29 is 4.39 Å². The third-order valence-corrected chi connectivity index (χ3v) is 2.83. The minimum atomic E-state index is -0.187. The average Bonchev–Trinajstić information content (AvgIpc) is 2.31. The van der Waals surface area contributed by atoms with Crippen molar-refractivity contribution in [3.8, 4) is 0 Å². The predicted octanol–water partition coefficient (Wildman–Crippen LogP) is 1.58. The van der Waals surface area contributed by atoms with Gasteiger partial charge in [-0.3, -0.25) is 0 Å². The fourth-order valence-electron chi connectivity index (χ4n) is 2.01. The van der Waals surface area contributed by atoms with E-state index in [2.05, 4.69) is 17.2 Å². The van der Waals surface area contributed by atoms with Crippen LogP contribution < -0.4 is 10.2 Å². The van der Waals surface area contributed by atoms with E-state index >= 15 is 0 Å². The molecule has 1 aliphatic heterocycles. The highest BCUT2D eigenvalue weighted by Crippen LogP contribution is 2.18. The van der Waals surface area contributed by atoms with Crippen LogP contribution in [0.25, 0.3) is 0 Å². The molecule has 1 aromatic heterocycles. The molecule has 1 fully saturated rings. The molecule has 16 heavy (non-hydrogen) atoms. The normalized spacial score (nSPS) is 16.5. The van der Waals surface area contributed by atoms with E-state index in [4.69, 9.17) is 0 Å². The smallest absolute Gasteiger partial charge is 0.165 e. The Morgan fingerprint density at radius 3 is 2.81 bits per heavy atom. The van der Waals surface area contributed by atoms with Crippen LogP contribution in [0.2, 0.25) is 0 Å². The molecule has 1 saturated heterocycles. The molecule has 0 saturated carbocycles. The number of halogens is 1. The molecule has 0 bridgehead atoms. The molecule has 3 nitrogen and oxygen atoms in total. The fourth-order valence-corrected chi connectivity index (χ4v) is 2.01. The van der Waals surface area contributed by atoms with Crippen molar-refractivity contribution in [1.82, 2.24) is 10.3 Å². The van der Waals surface area contributed by atoms with E-state index in [1.165, 1.54) is 0 Å². The number of hydrogen-bond acceptors (Lipinski definition) is 3. The van der Waals surface area contributed by atoms with E-state index in [0.717, 1.165) is 44.6 Å². The van der Waals surface area contributed by atoms with Gasteiger partial charge in [0.2, 0.25) is 0 Å². The first-order valence-corrected chi connectivity index (χ1v) is 5.91. The van der Waals surface area contributed by atoms with Crippen molar-refractivity contribution in [2.45, 2.75) is 19.8 Å². The Morgan fingerprint density at radius 1 is 1.44 bits per heavy atom. The van der Waals surface area contributed by atoms with Gasteiger partial charge in [-0.25, -0.2) is 9.37 Å². The highest BCUT2D eigenvalue weighted by Gasteiger charge is 2.15. The molecule has 0 amide bonds. The lowest BCUT2D eigenvalue weighted by atomic mass is 10.1. The summed E-state index contributed by atoms with van der Waals surface area (Å²) in [6, 6.07) is 1.62. The van der Waals surface area contributed by atoms with Gasteiger partial charge in [-0.05, 0) is 18.1 Å². The second-order valence-corrected chi connectivity index (χ2v) is 4.14. The first-order chi connectivity index (χ1) is 7.81. The molecule has 1 N–H and O–H groups in total. The number of hydrogen-bond donors (Lipinski definition) is 1. The molecule has 0 unspecified atom stereocenters. The Kier molecular flexibility index (Phi) is 3.72. The number of aromatic nitrogens is 1. The van der Waals surface area contributed by atoms with Crippen LogP contribution in [0.3, 0.4) is 0 Å². The topological polar surface area (TPSA) is 28.2 Å². The summed E-state index contributed by atoms with van der Waals surface area (Å²) in [5.41, 5.74) is 0.985. The maximum absolute atomic E-state index is 13.8. The van der Waals surface area contributed by atoms with E-state index < -0.39 is 0 Å². The zero-order valence-electron chi connectivity index (χ0n) is 9.67. The average molecular weight is 223 g/mol. The molecule has 1 aromatic rings. The number of anilines is 1. The summed E-state index contributed by atoms with van der Waals surface area (Å²) in [6.07, 6.45) is 3.71. The minimum absolute atomic E-state index is 0.187. The van der Waals surface area contributed by atoms with Crippen LogP contribution >= 0.6 is 0 Å². The van der Waals surface area contributed by atoms with Gasteiger partial charge in [-0.1, -0.05) is 13.3 Å². The molecule has 2 heterocycles. The fraction of sp³-hybridized carbons (Fsp3) is 0.583. The Balaban J connectivity index is 2.14. The van der Waals surface area contributed by atoms with E-state index in [-0.39, 0.29) is 5.82 Å². The zero-order valence-corrected chi connectivity index (χ0v) is 9.67. The summed E-state index contributed by atoms with van der Waals surface area (Å²) < 4.78 is 13.8. The molecule has 4 heteroatoms. The summed E-state index contributed by atoms with van der Waals surface area (Å²) in [4.78, 5) is 6.25. The molecular weight excluding hydrogens is 205 g/mol. The van der Waals surface area contributed by atoms with Crippen LogP contribution in [-0.2, 0) is 6.42 Å². The van der Waals surface area contributed by atoms with E-state index in [9.17, 15) is 4.39 Å². The summed E-state index contributed by atoms with van der Waals surface area (Å²) in [7, 11) is 0. The van der Waals surface area contributed by atoms with Crippen molar-refractivity contribution in [1.29, 1.82) is 0 Å². The first-order valence-electron chi connectivity index (χ1n) is 5.91. The molecule has 0 radical (unpaired) electrons. The third-order valence-electron chi connectivity index (χ3n) is 2.83. The predicted molar refractivity (Wildman–Crippen MR) is 63.3 cm³/mol. The molecule has 0 aromatic carbocycles. The Bertz CT molecular complexity index is 348. The summed E-state index contributed by atoms with van der Waals surface area (Å²) >= 11 is 0. The molecule has 1 aliphatic rings. The third kappa shape index (κ3) is 2.50. The van der Waals surface area contributed by atoms with Crippen molar-refractivity contribution in [3.05, 3.63) is 23.6 Å². The standard InChI is InChI=1S/C12H18FN3/c1-2-3-10-8-11(13)12(15-9-10)16-6-4-14-5-7-16/h8-9,14H,2-7H2,1H3. The van der Waals surface area contributed by atoms with Crippen molar-refractivity contribution in [2.24, 2.45) is 0 Å². The Hall–Kier alpha value is -1.16. The highest BCUT2D eigenvalue weighted by atomic mass is 19.1.